The molecule has 0 aliphatic carbocycles. The molecule has 504 valence electrons. The Hall–Kier alpha value is -1.94. The van der Waals surface area contributed by atoms with Crippen molar-refractivity contribution >= 4 is 39.5 Å². The van der Waals surface area contributed by atoms with Crippen molar-refractivity contribution in [1.29, 1.82) is 0 Å². The van der Waals surface area contributed by atoms with Gasteiger partial charge in [-0.15, -0.1) is 0 Å². The highest BCUT2D eigenvalue weighted by atomic mass is 31.2. The molecule has 0 heterocycles. The Morgan fingerprint density at radius 3 is 0.800 bits per heavy atom. The SMILES string of the molecule is CCCCCCCCCCCCCCCCC(=O)O[C@H](COC(=O)CCCCCCCCCCCC(C)C)COP(=O)(O)OC[C@@H](O)COP(=O)(O)OC[C@@H](COC(=O)CCCCCCCCCCC)OC(=O)CCCCCCCCCC(C)C. The molecule has 0 saturated heterocycles. The van der Waals surface area contributed by atoms with Crippen LogP contribution in [0, 0.1) is 11.8 Å². The maximum atomic E-state index is 13.0. The lowest BCUT2D eigenvalue weighted by Gasteiger charge is -2.21. The van der Waals surface area contributed by atoms with E-state index in [-0.39, 0.29) is 25.7 Å². The van der Waals surface area contributed by atoms with E-state index < -0.39 is 97.5 Å². The molecule has 0 saturated carbocycles. The summed E-state index contributed by atoms with van der Waals surface area (Å²) < 4.78 is 68.1. The van der Waals surface area contributed by atoms with Gasteiger partial charge in [-0.05, 0) is 37.5 Å². The van der Waals surface area contributed by atoms with E-state index in [0.717, 1.165) is 95.8 Å². The fourth-order valence-corrected chi connectivity index (χ4v) is 11.5. The van der Waals surface area contributed by atoms with Crippen molar-refractivity contribution in [2.75, 3.05) is 39.6 Å². The van der Waals surface area contributed by atoms with Crippen LogP contribution in [0.25, 0.3) is 0 Å². The van der Waals surface area contributed by atoms with E-state index in [1.165, 1.54) is 148 Å². The molecule has 0 aromatic rings. The Morgan fingerprint density at radius 1 is 0.318 bits per heavy atom. The van der Waals surface area contributed by atoms with Crippen molar-refractivity contribution < 1.29 is 80.2 Å². The quantitative estimate of drug-likeness (QED) is 0.0222. The monoisotopic (exact) mass is 1250 g/mol. The molecule has 0 aromatic carbocycles. The van der Waals surface area contributed by atoms with Crippen molar-refractivity contribution in [1.82, 2.24) is 0 Å². The summed E-state index contributed by atoms with van der Waals surface area (Å²) in [6.07, 6.45) is 41.7. The Morgan fingerprint density at radius 2 is 0.541 bits per heavy atom. The van der Waals surface area contributed by atoms with Crippen LogP contribution < -0.4 is 0 Å². The van der Waals surface area contributed by atoms with Crippen molar-refractivity contribution in [2.24, 2.45) is 11.8 Å². The van der Waals surface area contributed by atoms with E-state index in [9.17, 15) is 43.2 Å². The number of ether oxygens (including phenoxy) is 4. The summed E-state index contributed by atoms with van der Waals surface area (Å²) >= 11 is 0. The number of aliphatic hydroxyl groups is 1. The van der Waals surface area contributed by atoms with Gasteiger partial charge in [0.15, 0.2) is 12.2 Å². The largest absolute Gasteiger partial charge is 0.472 e. The maximum absolute atomic E-state index is 13.0. The van der Waals surface area contributed by atoms with E-state index in [1.807, 2.05) is 0 Å². The molecule has 0 amide bonds. The maximum Gasteiger partial charge on any atom is 0.472 e. The molecule has 0 rings (SSSR count). The second-order valence-electron chi connectivity index (χ2n) is 24.8. The first-order valence-corrected chi connectivity index (χ1v) is 37.5. The number of phosphoric ester groups is 2. The van der Waals surface area contributed by atoms with Gasteiger partial charge in [-0.3, -0.25) is 37.3 Å². The Kier molecular flexibility index (Phi) is 57.1. The Balaban J connectivity index is 5.24. The summed E-state index contributed by atoms with van der Waals surface area (Å²) in [7, 11) is -9.89. The second-order valence-corrected chi connectivity index (χ2v) is 27.7. The lowest BCUT2D eigenvalue weighted by molar-refractivity contribution is -0.161. The predicted molar refractivity (Wildman–Crippen MR) is 340 cm³/mol. The highest BCUT2D eigenvalue weighted by Gasteiger charge is 2.30. The van der Waals surface area contributed by atoms with Gasteiger partial charge in [-0.1, -0.05) is 279 Å². The number of aliphatic hydroxyl groups excluding tert-OH is 1. The standard InChI is InChI=1S/C66H128O17P2/c1-7-9-11-13-15-17-18-19-20-21-25-32-38-44-50-65(70)82-61(54-77-64(69)49-43-37-31-26-22-24-28-34-40-46-58(3)4)56-80-84(72,73)78-52-60(67)53-79-85(74,75)81-57-62(55-76-63(68)48-42-36-30-23-16-14-12-10-8-2)83-66(71)51-45-39-33-27-29-35-41-47-59(5)6/h58-62,67H,7-57H2,1-6H3,(H,72,73)(H,74,75)/t60-,61-,62-/m1/s1. The molecule has 0 aliphatic rings. The van der Waals surface area contributed by atoms with E-state index in [2.05, 4.69) is 41.5 Å². The Bertz CT molecular complexity index is 1670. The molecule has 0 radical (unpaired) electrons. The van der Waals surface area contributed by atoms with Crippen molar-refractivity contribution in [2.45, 2.75) is 349 Å². The molecule has 5 atom stereocenters. The minimum absolute atomic E-state index is 0.103. The molecular formula is C66H128O17P2. The molecule has 2 unspecified atom stereocenters. The number of hydrogen-bond donors (Lipinski definition) is 3. The average Bonchev–Trinajstić information content (AvgIpc) is 3.62. The van der Waals surface area contributed by atoms with Crippen molar-refractivity contribution in [3.05, 3.63) is 0 Å². The number of phosphoric acid groups is 2. The fourth-order valence-electron chi connectivity index (χ4n) is 9.88. The van der Waals surface area contributed by atoms with Gasteiger partial charge in [0.1, 0.15) is 19.3 Å². The summed E-state index contributed by atoms with van der Waals surface area (Å²) in [4.78, 5) is 72.3. The molecule has 0 bridgehead atoms. The van der Waals surface area contributed by atoms with Crippen molar-refractivity contribution in [3.8, 4) is 0 Å². The van der Waals surface area contributed by atoms with Crippen LogP contribution in [0.5, 0.6) is 0 Å². The number of unbranched alkanes of at least 4 members (excludes halogenated alkanes) is 35. The summed E-state index contributed by atoms with van der Waals surface area (Å²) in [6, 6.07) is 0. The number of carbonyl (C=O) groups excluding carboxylic acids is 4. The molecular weight excluding hydrogens is 1130 g/mol. The number of rotatable bonds is 65. The van der Waals surface area contributed by atoms with E-state index in [0.29, 0.717) is 31.6 Å². The summed E-state index contributed by atoms with van der Waals surface area (Å²) in [5, 5.41) is 10.5. The molecule has 0 spiro atoms. The predicted octanol–water partition coefficient (Wildman–Crippen LogP) is 18.4. The summed E-state index contributed by atoms with van der Waals surface area (Å²) in [5.74, 6) is -0.692. The van der Waals surface area contributed by atoms with Crippen LogP contribution in [0.1, 0.15) is 330 Å². The number of esters is 4. The first kappa shape index (κ1) is 83.1. The number of carbonyl (C=O) groups is 4. The van der Waals surface area contributed by atoms with Gasteiger partial charge in [0.25, 0.3) is 0 Å². The van der Waals surface area contributed by atoms with Gasteiger partial charge in [0.05, 0.1) is 26.4 Å². The molecule has 19 heteroatoms. The van der Waals surface area contributed by atoms with Gasteiger partial charge in [0.2, 0.25) is 0 Å². The van der Waals surface area contributed by atoms with Gasteiger partial charge >= 0.3 is 39.5 Å². The molecule has 17 nitrogen and oxygen atoms in total. The minimum Gasteiger partial charge on any atom is -0.462 e. The second kappa shape index (κ2) is 58.4. The number of hydrogen-bond acceptors (Lipinski definition) is 15. The van der Waals surface area contributed by atoms with Crippen LogP contribution in [0.15, 0.2) is 0 Å². The lowest BCUT2D eigenvalue weighted by Crippen LogP contribution is -2.30. The third kappa shape index (κ3) is 60.7. The van der Waals surface area contributed by atoms with Crippen LogP contribution in [-0.4, -0.2) is 96.7 Å². The first-order valence-electron chi connectivity index (χ1n) is 34.5. The van der Waals surface area contributed by atoms with Gasteiger partial charge < -0.3 is 33.8 Å². The average molecular weight is 1260 g/mol. The van der Waals surface area contributed by atoms with Crippen LogP contribution in [0.2, 0.25) is 0 Å². The molecule has 0 aliphatic heterocycles. The fraction of sp³-hybridized carbons (Fsp3) is 0.939. The highest BCUT2D eigenvalue weighted by molar-refractivity contribution is 7.47. The zero-order chi connectivity index (χ0) is 62.9. The summed E-state index contributed by atoms with van der Waals surface area (Å²) in [5.41, 5.74) is 0. The van der Waals surface area contributed by atoms with E-state index >= 15 is 0 Å². The van der Waals surface area contributed by atoms with E-state index in [1.54, 1.807) is 0 Å². The van der Waals surface area contributed by atoms with Gasteiger partial charge in [0, 0.05) is 25.7 Å². The third-order valence-corrected chi connectivity index (χ3v) is 17.1. The van der Waals surface area contributed by atoms with Gasteiger partial charge in [-0.25, -0.2) is 9.13 Å². The molecule has 0 fully saturated rings. The van der Waals surface area contributed by atoms with E-state index in [4.69, 9.17) is 37.0 Å². The zero-order valence-electron chi connectivity index (χ0n) is 54.9. The third-order valence-electron chi connectivity index (χ3n) is 15.2. The molecule has 0 aromatic heterocycles. The normalized spacial score (nSPS) is 14.2. The molecule has 85 heavy (non-hydrogen) atoms. The van der Waals surface area contributed by atoms with Crippen LogP contribution in [-0.2, 0) is 65.4 Å². The van der Waals surface area contributed by atoms with Crippen LogP contribution >= 0.6 is 15.6 Å². The lowest BCUT2D eigenvalue weighted by atomic mass is 10.0. The zero-order valence-corrected chi connectivity index (χ0v) is 56.7. The molecule has 3 N–H and O–H groups in total. The van der Waals surface area contributed by atoms with Gasteiger partial charge in [-0.2, -0.15) is 0 Å². The smallest absolute Gasteiger partial charge is 0.462 e. The minimum atomic E-state index is -4.95. The van der Waals surface area contributed by atoms with Crippen LogP contribution in [0.4, 0.5) is 0 Å². The summed E-state index contributed by atoms with van der Waals surface area (Å²) in [6.45, 7) is 9.42. The van der Waals surface area contributed by atoms with Crippen molar-refractivity contribution in [3.63, 3.8) is 0 Å². The topological polar surface area (TPSA) is 237 Å². The first-order chi connectivity index (χ1) is 40.9. The van der Waals surface area contributed by atoms with Crippen LogP contribution in [0.3, 0.4) is 0 Å². The highest BCUT2D eigenvalue weighted by Crippen LogP contribution is 2.45. The Labute approximate surface area is 517 Å².